The minimum atomic E-state index is -3.75. The van der Waals surface area contributed by atoms with Gasteiger partial charge in [0, 0.05) is 16.9 Å². The van der Waals surface area contributed by atoms with Crippen LogP contribution in [-0.4, -0.2) is 30.8 Å². The Morgan fingerprint density at radius 1 is 1.22 bits per heavy atom. The number of amides is 1. The van der Waals surface area contributed by atoms with Crippen molar-refractivity contribution in [1.82, 2.24) is 9.88 Å². The van der Waals surface area contributed by atoms with Gasteiger partial charge in [-0.15, -0.1) is 11.8 Å². The van der Waals surface area contributed by atoms with Gasteiger partial charge in [0.25, 0.3) is 0 Å². The largest absolute Gasteiger partial charge is 0.361 e. The molecule has 27 heavy (non-hydrogen) atoms. The first-order valence-corrected chi connectivity index (χ1v) is 11.1. The Bertz CT molecular complexity index is 895. The van der Waals surface area contributed by atoms with Crippen LogP contribution in [0.5, 0.6) is 0 Å². The average molecular weight is 412 g/mol. The molecule has 0 aliphatic rings. The number of aromatic nitrogens is 1. The smallest absolute Gasteiger partial charge is 0.243 e. The number of aryl methyl sites for hydroxylation is 2. The number of carbonyl (C=O) groups is 1. The van der Waals surface area contributed by atoms with E-state index in [4.69, 9.17) is 4.52 Å². The number of para-hydroxylation sites is 1. The van der Waals surface area contributed by atoms with E-state index in [1.807, 2.05) is 13.8 Å². The highest BCUT2D eigenvalue weighted by Gasteiger charge is 2.25. The quantitative estimate of drug-likeness (QED) is 0.725. The molecule has 2 aromatic rings. The lowest BCUT2D eigenvalue weighted by molar-refractivity contribution is -0.113. The Morgan fingerprint density at radius 3 is 2.48 bits per heavy atom. The van der Waals surface area contributed by atoms with Crippen LogP contribution >= 0.6 is 11.8 Å². The third-order valence-electron chi connectivity index (χ3n) is 3.55. The van der Waals surface area contributed by atoms with E-state index in [0.29, 0.717) is 5.75 Å². The van der Waals surface area contributed by atoms with Crippen molar-refractivity contribution in [1.29, 1.82) is 0 Å². The number of anilines is 1. The number of rotatable bonds is 7. The summed E-state index contributed by atoms with van der Waals surface area (Å²) >= 11 is 1.41. The zero-order chi connectivity index (χ0) is 20.2. The first-order valence-electron chi connectivity index (χ1n) is 8.42. The Hall–Kier alpha value is -1.84. The molecule has 0 saturated carbocycles. The first-order chi connectivity index (χ1) is 12.5. The molecule has 0 aliphatic carbocycles. The van der Waals surface area contributed by atoms with Gasteiger partial charge >= 0.3 is 0 Å². The van der Waals surface area contributed by atoms with Crippen LogP contribution < -0.4 is 10.0 Å². The molecule has 2 N–H and O–H groups in total. The Labute approximate surface area is 164 Å². The van der Waals surface area contributed by atoms with Gasteiger partial charge in [-0.25, -0.2) is 13.1 Å². The van der Waals surface area contributed by atoms with Crippen molar-refractivity contribution in [3.05, 3.63) is 41.3 Å². The fourth-order valence-electron chi connectivity index (χ4n) is 2.40. The molecule has 9 heteroatoms. The van der Waals surface area contributed by atoms with Gasteiger partial charge in [-0.2, -0.15) is 0 Å². The molecule has 0 aliphatic heterocycles. The van der Waals surface area contributed by atoms with Crippen molar-refractivity contribution in [2.45, 2.75) is 50.8 Å². The van der Waals surface area contributed by atoms with Gasteiger partial charge in [0.2, 0.25) is 15.9 Å². The van der Waals surface area contributed by atoms with Gasteiger partial charge in [-0.3, -0.25) is 4.79 Å². The number of sulfonamides is 1. The lowest BCUT2D eigenvalue weighted by Gasteiger charge is -2.21. The third kappa shape index (κ3) is 6.08. The van der Waals surface area contributed by atoms with Crippen LogP contribution in [0.1, 0.15) is 37.8 Å². The molecular weight excluding hydrogens is 386 g/mol. The van der Waals surface area contributed by atoms with E-state index in [-0.39, 0.29) is 22.2 Å². The van der Waals surface area contributed by atoms with Gasteiger partial charge in [-0.1, -0.05) is 17.3 Å². The maximum absolute atomic E-state index is 12.6. The summed E-state index contributed by atoms with van der Waals surface area (Å²) in [6, 6.07) is 6.36. The molecule has 1 aromatic heterocycles. The normalized spacial score (nSPS) is 12.2. The van der Waals surface area contributed by atoms with Gasteiger partial charge in [0.1, 0.15) is 10.7 Å². The standard InChI is InChI=1S/C18H25N3O4S2/c1-12-14(13(2)25-20-12)10-26-11-17(22)19-15-8-6-7-9-16(15)27(23,24)21-18(3,4)5/h6-9,21H,10-11H2,1-5H3,(H,19,22). The fourth-order valence-corrected chi connectivity index (χ4v) is 4.96. The van der Waals surface area contributed by atoms with Crippen molar-refractivity contribution in [3.8, 4) is 0 Å². The molecule has 1 heterocycles. The molecule has 1 aromatic carbocycles. The lowest BCUT2D eigenvalue weighted by Crippen LogP contribution is -2.40. The second-order valence-electron chi connectivity index (χ2n) is 7.20. The highest BCUT2D eigenvalue weighted by molar-refractivity contribution is 7.99. The lowest BCUT2D eigenvalue weighted by atomic mass is 10.1. The van der Waals surface area contributed by atoms with Crippen molar-refractivity contribution in [2.75, 3.05) is 11.1 Å². The number of thioether (sulfide) groups is 1. The minimum absolute atomic E-state index is 0.0454. The molecule has 7 nitrogen and oxygen atoms in total. The molecule has 1 amide bonds. The van der Waals surface area contributed by atoms with E-state index in [1.54, 1.807) is 39.0 Å². The van der Waals surface area contributed by atoms with Crippen molar-refractivity contribution < 1.29 is 17.7 Å². The van der Waals surface area contributed by atoms with Crippen molar-refractivity contribution >= 4 is 33.4 Å². The number of carbonyl (C=O) groups excluding carboxylic acids is 1. The van der Waals surface area contributed by atoms with E-state index < -0.39 is 15.6 Å². The summed E-state index contributed by atoms with van der Waals surface area (Å²) < 4.78 is 32.9. The molecule has 0 radical (unpaired) electrons. The van der Waals surface area contributed by atoms with Crippen LogP contribution in [0.4, 0.5) is 5.69 Å². The van der Waals surface area contributed by atoms with Crippen LogP contribution in [0.3, 0.4) is 0 Å². The topological polar surface area (TPSA) is 101 Å². The minimum Gasteiger partial charge on any atom is -0.361 e. The summed E-state index contributed by atoms with van der Waals surface area (Å²) in [7, 11) is -3.75. The summed E-state index contributed by atoms with van der Waals surface area (Å²) in [4.78, 5) is 12.3. The molecule has 0 atom stereocenters. The fraction of sp³-hybridized carbons (Fsp3) is 0.444. The zero-order valence-electron chi connectivity index (χ0n) is 16.1. The van der Waals surface area contributed by atoms with Crippen molar-refractivity contribution in [3.63, 3.8) is 0 Å². The summed E-state index contributed by atoms with van der Waals surface area (Å²) in [5, 5.41) is 6.58. The van der Waals surface area contributed by atoms with Gasteiger partial charge in [0.05, 0.1) is 17.1 Å². The van der Waals surface area contributed by atoms with Gasteiger partial charge < -0.3 is 9.84 Å². The molecule has 148 valence electrons. The monoisotopic (exact) mass is 411 g/mol. The zero-order valence-corrected chi connectivity index (χ0v) is 17.8. The van der Waals surface area contributed by atoms with Crippen molar-refractivity contribution in [2.24, 2.45) is 0 Å². The van der Waals surface area contributed by atoms with E-state index >= 15 is 0 Å². The average Bonchev–Trinajstić information content (AvgIpc) is 2.85. The van der Waals surface area contributed by atoms with E-state index in [0.717, 1.165) is 17.0 Å². The molecule has 0 unspecified atom stereocenters. The van der Waals surface area contributed by atoms with E-state index in [1.165, 1.54) is 17.8 Å². The molecule has 0 saturated heterocycles. The van der Waals surface area contributed by atoms with Crippen LogP contribution in [0.25, 0.3) is 0 Å². The molecule has 2 rings (SSSR count). The Balaban J connectivity index is 2.04. The third-order valence-corrected chi connectivity index (χ3v) is 6.33. The van der Waals surface area contributed by atoms with Gasteiger partial charge in [0.15, 0.2) is 0 Å². The summed E-state index contributed by atoms with van der Waals surface area (Å²) in [6.07, 6.45) is 0. The Morgan fingerprint density at radius 2 is 1.89 bits per heavy atom. The number of hydrogen-bond acceptors (Lipinski definition) is 6. The highest BCUT2D eigenvalue weighted by Crippen LogP contribution is 2.23. The SMILES string of the molecule is Cc1noc(C)c1CSCC(=O)Nc1ccccc1S(=O)(=O)NC(C)(C)C. The predicted molar refractivity (Wildman–Crippen MR) is 107 cm³/mol. The predicted octanol–water partition coefficient (Wildman–Crippen LogP) is 3.24. The molecule has 0 fully saturated rings. The second-order valence-corrected chi connectivity index (χ2v) is 9.83. The van der Waals surface area contributed by atoms with Crippen LogP contribution in [-0.2, 0) is 20.6 Å². The molecule has 0 bridgehead atoms. The number of nitrogens with zero attached hydrogens (tertiary/aromatic N) is 1. The Kier molecular flexibility index (Phi) is 6.72. The summed E-state index contributed by atoms with van der Waals surface area (Å²) in [6.45, 7) is 8.97. The summed E-state index contributed by atoms with van der Waals surface area (Å²) in [5.74, 6) is 1.25. The maximum Gasteiger partial charge on any atom is 0.243 e. The van der Waals surface area contributed by atoms with Gasteiger partial charge in [-0.05, 0) is 46.8 Å². The highest BCUT2D eigenvalue weighted by atomic mass is 32.2. The first kappa shape index (κ1) is 21.5. The number of hydrogen-bond donors (Lipinski definition) is 2. The molecular formula is C18H25N3O4S2. The molecule has 0 spiro atoms. The second kappa shape index (κ2) is 8.45. The van der Waals surface area contributed by atoms with Crippen LogP contribution in [0, 0.1) is 13.8 Å². The van der Waals surface area contributed by atoms with E-state index in [2.05, 4.69) is 15.2 Å². The maximum atomic E-state index is 12.6. The number of benzene rings is 1. The van der Waals surface area contributed by atoms with Crippen LogP contribution in [0.15, 0.2) is 33.7 Å². The summed E-state index contributed by atoms with van der Waals surface area (Å²) in [5.41, 5.74) is 1.42. The van der Waals surface area contributed by atoms with E-state index in [9.17, 15) is 13.2 Å². The number of nitrogens with one attached hydrogen (secondary N) is 2. The van der Waals surface area contributed by atoms with Crippen LogP contribution in [0.2, 0.25) is 0 Å².